The first-order chi connectivity index (χ1) is 15.4. The maximum absolute atomic E-state index is 12.8. The molecule has 0 radical (unpaired) electrons. The number of aromatic amines is 3. The predicted octanol–water partition coefficient (Wildman–Crippen LogP) is 3.89. The number of hydrogen-bond acceptors (Lipinski definition) is 6. The monoisotopic (exact) mass is 447 g/mol. The lowest BCUT2D eigenvalue weighted by Gasteiger charge is -2.06. The van der Waals surface area contributed by atoms with Crippen LogP contribution in [0.5, 0.6) is 5.75 Å². The Balaban J connectivity index is 1.89. The summed E-state index contributed by atoms with van der Waals surface area (Å²) in [6.07, 6.45) is 0. The van der Waals surface area contributed by atoms with Crippen LogP contribution in [0.2, 0.25) is 0 Å². The number of carbonyl (C=O) groups excluding carboxylic acids is 1. The number of benzene rings is 2. The molecule has 0 aliphatic rings. The van der Waals surface area contributed by atoms with Crippen molar-refractivity contribution in [3.8, 4) is 27.4 Å². The number of ether oxygens (including phenoxy) is 1. The highest BCUT2D eigenvalue weighted by Gasteiger charge is 2.28. The lowest BCUT2D eigenvalue weighted by Crippen LogP contribution is -2.21. The number of nitrogens with one attached hydrogen (secondary N) is 3. The van der Waals surface area contributed by atoms with Crippen molar-refractivity contribution >= 4 is 39.1 Å². The fourth-order valence-electron chi connectivity index (χ4n) is 3.96. The van der Waals surface area contributed by atoms with E-state index < -0.39 is 17.2 Å². The molecule has 0 aliphatic heterocycles. The second-order valence-electron chi connectivity index (χ2n) is 7.30. The van der Waals surface area contributed by atoms with Crippen LogP contribution in [0.4, 0.5) is 0 Å². The van der Waals surface area contributed by atoms with E-state index in [9.17, 15) is 19.5 Å². The van der Waals surface area contributed by atoms with Gasteiger partial charge in [-0.15, -0.1) is 11.3 Å². The van der Waals surface area contributed by atoms with Gasteiger partial charge in [0, 0.05) is 10.4 Å². The fourth-order valence-corrected chi connectivity index (χ4v) is 5.06. The number of aromatic hydroxyl groups is 1. The molecule has 4 N–H and O–H groups in total. The molecule has 0 saturated heterocycles. The van der Waals surface area contributed by atoms with Gasteiger partial charge in [-0.1, -0.05) is 36.4 Å². The van der Waals surface area contributed by atoms with Gasteiger partial charge in [-0.25, -0.2) is 9.59 Å². The number of fused-ring (bicyclic) bond motifs is 2. The Hall–Kier alpha value is -4.11. The molecule has 5 rings (SSSR count). The number of aromatic nitrogens is 3. The van der Waals surface area contributed by atoms with E-state index in [1.165, 1.54) is 18.4 Å². The molecule has 0 aliphatic carbocycles. The zero-order valence-electron chi connectivity index (χ0n) is 17.0. The molecular formula is C23H17N3O5S. The second kappa shape index (κ2) is 7.24. The number of hydrogen-bond donors (Lipinski definition) is 4. The number of esters is 1. The summed E-state index contributed by atoms with van der Waals surface area (Å²) in [5.74, 6) is -0.940. The summed E-state index contributed by atoms with van der Waals surface area (Å²) in [6, 6.07) is 13.6. The van der Waals surface area contributed by atoms with Crippen molar-refractivity contribution in [3.63, 3.8) is 0 Å². The Kier molecular flexibility index (Phi) is 4.49. The lowest BCUT2D eigenvalue weighted by molar-refractivity contribution is 0.0597. The van der Waals surface area contributed by atoms with E-state index in [0.29, 0.717) is 21.0 Å². The minimum atomic E-state index is -0.670. The molecule has 0 saturated carbocycles. The number of H-pyrrole nitrogens is 3. The number of carbonyl (C=O) groups is 1. The van der Waals surface area contributed by atoms with E-state index >= 15 is 0 Å². The molecule has 160 valence electrons. The normalized spacial score (nSPS) is 11.3. The number of thiophene rings is 1. The van der Waals surface area contributed by atoms with E-state index in [0.717, 1.165) is 16.3 Å². The van der Waals surface area contributed by atoms with Crippen LogP contribution in [0.3, 0.4) is 0 Å². The molecular weight excluding hydrogens is 430 g/mol. The molecule has 32 heavy (non-hydrogen) atoms. The fraction of sp³-hybridized carbons (Fsp3) is 0.0870. The van der Waals surface area contributed by atoms with Crippen LogP contribution >= 0.6 is 11.3 Å². The molecule has 2 aromatic carbocycles. The summed E-state index contributed by atoms with van der Waals surface area (Å²) in [6.45, 7) is 1.69. The molecule has 0 fully saturated rings. The summed E-state index contributed by atoms with van der Waals surface area (Å²) in [4.78, 5) is 45.7. The molecule has 0 unspecified atom stereocenters. The van der Waals surface area contributed by atoms with Gasteiger partial charge >= 0.3 is 11.7 Å². The van der Waals surface area contributed by atoms with Gasteiger partial charge in [-0.05, 0) is 29.3 Å². The van der Waals surface area contributed by atoms with Crippen molar-refractivity contribution < 1.29 is 14.6 Å². The van der Waals surface area contributed by atoms with E-state index in [4.69, 9.17) is 4.74 Å². The highest BCUT2D eigenvalue weighted by molar-refractivity contribution is 7.16. The third kappa shape index (κ3) is 2.94. The number of methoxy groups -OCH3 is 1. The zero-order valence-corrected chi connectivity index (χ0v) is 17.8. The Morgan fingerprint density at radius 1 is 1.03 bits per heavy atom. The standard InChI is InChI=1S/C23H17N3O5S/c1-10-14(22(29)31-2)18(27)19(32-10)15-16-20(25-23(30)26-21(16)28)24-17(15)13-8-7-11-5-3-4-6-12(11)9-13/h3-9,27H,1-2H3,(H3,24,25,26,28,30). The minimum absolute atomic E-state index is 0.0483. The predicted molar refractivity (Wildman–Crippen MR) is 124 cm³/mol. The van der Waals surface area contributed by atoms with E-state index in [2.05, 4.69) is 15.0 Å². The van der Waals surface area contributed by atoms with Crippen molar-refractivity contribution in [3.05, 3.63) is 73.7 Å². The van der Waals surface area contributed by atoms with Gasteiger partial charge in [-0.2, -0.15) is 0 Å². The van der Waals surface area contributed by atoms with Crippen LogP contribution in [-0.2, 0) is 4.74 Å². The van der Waals surface area contributed by atoms with Crippen molar-refractivity contribution in [2.24, 2.45) is 0 Å². The summed E-state index contributed by atoms with van der Waals surface area (Å²) >= 11 is 1.17. The molecule has 3 aromatic heterocycles. The first kappa shape index (κ1) is 19.8. The van der Waals surface area contributed by atoms with Crippen LogP contribution in [0.25, 0.3) is 43.5 Å². The Morgan fingerprint density at radius 2 is 1.78 bits per heavy atom. The maximum atomic E-state index is 12.8. The first-order valence-electron chi connectivity index (χ1n) is 9.67. The van der Waals surface area contributed by atoms with Crippen LogP contribution < -0.4 is 11.2 Å². The zero-order chi connectivity index (χ0) is 22.6. The van der Waals surface area contributed by atoms with Crippen LogP contribution in [0, 0.1) is 6.92 Å². The molecule has 0 atom stereocenters. The van der Waals surface area contributed by atoms with Gasteiger partial charge in [-0.3, -0.25) is 14.8 Å². The average molecular weight is 447 g/mol. The van der Waals surface area contributed by atoms with E-state index in [1.54, 1.807) is 6.92 Å². The topological polar surface area (TPSA) is 128 Å². The Labute approximate surface area is 184 Å². The minimum Gasteiger partial charge on any atom is -0.505 e. The van der Waals surface area contributed by atoms with Crippen molar-refractivity contribution in [1.29, 1.82) is 0 Å². The number of rotatable bonds is 3. The smallest absolute Gasteiger partial charge is 0.342 e. The van der Waals surface area contributed by atoms with Crippen molar-refractivity contribution in [2.75, 3.05) is 7.11 Å². The highest BCUT2D eigenvalue weighted by atomic mass is 32.1. The van der Waals surface area contributed by atoms with Gasteiger partial charge in [0.1, 0.15) is 17.0 Å². The molecule has 0 bridgehead atoms. The molecule has 3 heterocycles. The Bertz CT molecular complexity index is 1650. The van der Waals surface area contributed by atoms with Crippen molar-refractivity contribution in [1.82, 2.24) is 15.0 Å². The summed E-state index contributed by atoms with van der Waals surface area (Å²) in [7, 11) is 1.24. The van der Waals surface area contributed by atoms with E-state index in [1.807, 2.05) is 42.5 Å². The van der Waals surface area contributed by atoms with Crippen molar-refractivity contribution in [2.45, 2.75) is 6.92 Å². The summed E-state index contributed by atoms with van der Waals surface area (Å²) < 4.78 is 4.80. The molecule has 0 spiro atoms. The van der Waals surface area contributed by atoms with Gasteiger partial charge in [0.25, 0.3) is 5.56 Å². The largest absolute Gasteiger partial charge is 0.505 e. The maximum Gasteiger partial charge on any atom is 0.342 e. The third-order valence-corrected chi connectivity index (χ3v) is 6.52. The Morgan fingerprint density at radius 3 is 2.53 bits per heavy atom. The van der Waals surface area contributed by atoms with Gasteiger partial charge in [0.2, 0.25) is 0 Å². The number of aryl methyl sites for hydroxylation is 1. The first-order valence-corrected chi connectivity index (χ1v) is 10.5. The lowest BCUT2D eigenvalue weighted by atomic mass is 10.0. The SMILES string of the molecule is COC(=O)c1c(C)sc(-c2c(-c3ccc4ccccc4c3)[nH]c3[nH]c(=O)[nH]c(=O)c23)c1O. The summed E-state index contributed by atoms with van der Waals surface area (Å²) in [5, 5.41) is 13.2. The summed E-state index contributed by atoms with van der Waals surface area (Å²) in [5.41, 5.74) is 0.697. The second-order valence-corrected chi connectivity index (χ2v) is 8.52. The average Bonchev–Trinajstić information content (AvgIpc) is 3.29. The van der Waals surface area contributed by atoms with Gasteiger partial charge in [0.15, 0.2) is 0 Å². The van der Waals surface area contributed by atoms with E-state index in [-0.39, 0.29) is 22.3 Å². The van der Waals surface area contributed by atoms with Crippen LogP contribution in [-0.4, -0.2) is 33.1 Å². The quantitative estimate of drug-likeness (QED) is 0.312. The van der Waals surface area contributed by atoms with Crippen LogP contribution in [0.1, 0.15) is 15.2 Å². The molecule has 0 amide bonds. The molecule has 8 nitrogen and oxygen atoms in total. The third-order valence-electron chi connectivity index (χ3n) is 5.41. The highest BCUT2D eigenvalue weighted by Crippen LogP contribution is 2.47. The van der Waals surface area contributed by atoms with Gasteiger partial charge in [0.05, 0.1) is 23.1 Å². The van der Waals surface area contributed by atoms with Gasteiger partial charge < -0.3 is 14.8 Å². The van der Waals surface area contributed by atoms with Crippen LogP contribution in [0.15, 0.2) is 52.1 Å². The molecule has 5 aromatic rings. The molecule has 9 heteroatoms.